The van der Waals surface area contributed by atoms with E-state index in [-0.39, 0.29) is 0 Å². The van der Waals surface area contributed by atoms with Crippen molar-refractivity contribution in [3.63, 3.8) is 0 Å². The summed E-state index contributed by atoms with van der Waals surface area (Å²) >= 11 is 1.65. The Balaban J connectivity index is 1.83. The lowest BCUT2D eigenvalue weighted by Crippen LogP contribution is -2.17. The summed E-state index contributed by atoms with van der Waals surface area (Å²) in [6.45, 7) is 1.06. The van der Waals surface area contributed by atoms with Crippen LogP contribution in [-0.2, 0) is 0 Å². The van der Waals surface area contributed by atoms with E-state index in [9.17, 15) is 0 Å². The number of rotatable bonds is 4. The third kappa shape index (κ3) is 3.37. The maximum Gasteiger partial charge on any atom is 0.130 e. The minimum absolute atomic E-state index is 0.835. The third-order valence-electron chi connectivity index (χ3n) is 3.15. The second-order valence-electron chi connectivity index (χ2n) is 4.33. The Bertz CT molecular complexity index is 324. The lowest BCUT2D eigenvalue weighted by molar-refractivity contribution is 0.373. The molecule has 16 heavy (non-hydrogen) atoms. The van der Waals surface area contributed by atoms with Gasteiger partial charge in [-0.25, -0.2) is 9.97 Å². The predicted molar refractivity (Wildman–Crippen MR) is 68.9 cm³/mol. The Hall–Kier alpha value is -0.770. The zero-order valence-electron chi connectivity index (χ0n) is 9.78. The summed E-state index contributed by atoms with van der Waals surface area (Å²) in [5.74, 6) is 1.80. The van der Waals surface area contributed by atoms with Gasteiger partial charge in [-0.1, -0.05) is 19.3 Å². The van der Waals surface area contributed by atoms with Crippen LogP contribution in [0.4, 0.5) is 5.82 Å². The molecule has 1 aliphatic rings. The fourth-order valence-corrected chi connectivity index (χ4v) is 2.57. The number of anilines is 1. The van der Waals surface area contributed by atoms with Gasteiger partial charge in [0.05, 0.1) is 0 Å². The summed E-state index contributed by atoms with van der Waals surface area (Å²) in [5, 5.41) is 4.45. The van der Waals surface area contributed by atoms with Crippen LogP contribution in [0.3, 0.4) is 0 Å². The Morgan fingerprint density at radius 2 is 2.12 bits per heavy atom. The van der Waals surface area contributed by atoms with E-state index < -0.39 is 0 Å². The molecule has 1 N–H and O–H groups in total. The van der Waals surface area contributed by atoms with Crippen LogP contribution >= 0.6 is 11.8 Å². The highest BCUT2D eigenvalue weighted by Crippen LogP contribution is 2.24. The van der Waals surface area contributed by atoms with Crippen LogP contribution in [0.25, 0.3) is 0 Å². The van der Waals surface area contributed by atoms with Gasteiger partial charge < -0.3 is 5.32 Å². The lowest BCUT2D eigenvalue weighted by Gasteiger charge is -2.21. The van der Waals surface area contributed by atoms with E-state index >= 15 is 0 Å². The van der Waals surface area contributed by atoms with Gasteiger partial charge in [0, 0.05) is 12.6 Å². The Labute approximate surface area is 101 Å². The van der Waals surface area contributed by atoms with Gasteiger partial charge in [-0.05, 0) is 25.0 Å². The second-order valence-corrected chi connectivity index (χ2v) is 5.16. The molecule has 0 radical (unpaired) electrons. The lowest BCUT2D eigenvalue weighted by atomic mass is 9.89. The fourth-order valence-electron chi connectivity index (χ4n) is 2.19. The first-order chi connectivity index (χ1) is 7.88. The largest absolute Gasteiger partial charge is 0.370 e. The van der Waals surface area contributed by atoms with Crippen LogP contribution in [0.1, 0.15) is 32.1 Å². The minimum Gasteiger partial charge on any atom is -0.370 e. The van der Waals surface area contributed by atoms with Crippen LogP contribution in [0.5, 0.6) is 0 Å². The van der Waals surface area contributed by atoms with Gasteiger partial charge >= 0.3 is 0 Å². The van der Waals surface area contributed by atoms with Crippen molar-refractivity contribution in [3.8, 4) is 0 Å². The maximum atomic E-state index is 4.24. The molecule has 0 aromatic carbocycles. The molecule has 1 aromatic heterocycles. The molecule has 1 heterocycles. The molecule has 88 valence electrons. The van der Waals surface area contributed by atoms with Gasteiger partial charge in [-0.3, -0.25) is 0 Å². The SMILES string of the molecule is CSc1cc(NCC2CCCCC2)ncn1. The summed E-state index contributed by atoms with van der Waals surface area (Å²) in [7, 11) is 0. The van der Waals surface area contributed by atoms with E-state index in [1.54, 1.807) is 18.1 Å². The van der Waals surface area contributed by atoms with Gasteiger partial charge in [-0.2, -0.15) is 0 Å². The maximum absolute atomic E-state index is 4.24. The van der Waals surface area contributed by atoms with Crippen LogP contribution in [0.2, 0.25) is 0 Å². The molecule has 0 amide bonds. The van der Waals surface area contributed by atoms with Gasteiger partial charge in [0.1, 0.15) is 17.2 Å². The monoisotopic (exact) mass is 237 g/mol. The number of nitrogens with one attached hydrogen (secondary N) is 1. The Morgan fingerprint density at radius 1 is 1.31 bits per heavy atom. The number of nitrogens with zero attached hydrogens (tertiary/aromatic N) is 2. The average Bonchev–Trinajstić information content (AvgIpc) is 2.38. The van der Waals surface area contributed by atoms with Gasteiger partial charge in [-0.15, -0.1) is 11.8 Å². The summed E-state index contributed by atoms with van der Waals surface area (Å²) in [6, 6.07) is 2.02. The van der Waals surface area contributed by atoms with Crippen LogP contribution < -0.4 is 5.32 Å². The second kappa shape index (κ2) is 6.09. The highest BCUT2D eigenvalue weighted by molar-refractivity contribution is 7.98. The van der Waals surface area contributed by atoms with Crippen molar-refractivity contribution < 1.29 is 0 Å². The fraction of sp³-hybridized carbons (Fsp3) is 0.667. The summed E-state index contributed by atoms with van der Waals surface area (Å²) < 4.78 is 0. The molecular formula is C12H19N3S. The number of aromatic nitrogens is 2. The molecule has 1 aromatic rings. The Kier molecular flexibility index (Phi) is 4.45. The van der Waals surface area contributed by atoms with Crippen molar-refractivity contribution in [3.05, 3.63) is 12.4 Å². The van der Waals surface area contributed by atoms with Crippen LogP contribution in [0, 0.1) is 5.92 Å². The number of hydrogen-bond donors (Lipinski definition) is 1. The van der Waals surface area contributed by atoms with Crippen molar-refractivity contribution >= 4 is 17.6 Å². The van der Waals surface area contributed by atoms with E-state index in [0.717, 1.165) is 23.3 Å². The van der Waals surface area contributed by atoms with E-state index in [1.165, 1.54) is 32.1 Å². The van der Waals surface area contributed by atoms with Crippen molar-refractivity contribution in [1.29, 1.82) is 0 Å². The highest BCUT2D eigenvalue weighted by atomic mass is 32.2. The summed E-state index contributed by atoms with van der Waals surface area (Å²) in [5.41, 5.74) is 0. The molecule has 0 atom stereocenters. The van der Waals surface area contributed by atoms with Crippen LogP contribution in [-0.4, -0.2) is 22.8 Å². The molecule has 3 nitrogen and oxygen atoms in total. The molecule has 0 spiro atoms. The van der Waals surface area contributed by atoms with Gasteiger partial charge in [0.25, 0.3) is 0 Å². The smallest absolute Gasteiger partial charge is 0.130 e. The van der Waals surface area contributed by atoms with Crippen molar-refractivity contribution in [2.75, 3.05) is 18.1 Å². The first-order valence-corrected chi connectivity index (χ1v) is 7.21. The molecule has 0 unspecified atom stereocenters. The zero-order valence-corrected chi connectivity index (χ0v) is 10.6. The molecule has 1 saturated carbocycles. The zero-order chi connectivity index (χ0) is 11.2. The highest BCUT2D eigenvalue weighted by Gasteiger charge is 2.12. The predicted octanol–water partition coefficient (Wildman–Crippen LogP) is 3.19. The van der Waals surface area contributed by atoms with E-state index in [4.69, 9.17) is 0 Å². The molecule has 2 rings (SSSR count). The molecule has 0 bridgehead atoms. The van der Waals surface area contributed by atoms with Crippen molar-refractivity contribution in [2.45, 2.75) is 37.1 Å². The number of hydrogen-bond acceptors (Lipinski definition) is 4. The van der Waals surface area contributed by atoms with Gasteiger partial charge in [0.15, 0.2) is 0 Å². The third-order valence-corrected chi connectivity index (χ3v) is 3.79. The normalized spacial score (nSPS) is 17.3. The molecule has 0 aliphatic heterocycles. The average molecular weight is 237 g/mol. The molecular weight excluding hydrogens is 218 g/mol. The summed E-state index contributed by atoms with van der Waals surface area (Å²) in [6.07, 6.45) is 10.6. The first-order valence-electron chi connectivity index (χ1n) is 5.98. The number of thioether (sulfide) groups is 1. The standard InChI is InChI=1S/C12H19N3S/c1-16-12-7-11(14-9-15-12)13-8-10-5-3-2-4-6-10/h7,9-10H,2-6,8H2,1H3,(H,13,14,15). The molecule has 0 saturated heterocycles. The van der Waals surface area contributed by atoms with E-state index in [0.29, 0.717) is 0 Å². The van der Waals surface area contributed by atoms with Gasteiger partial charge in [0.2, 0.25) is 0 Å². The quantitative estimate of drug-likeness (QED) is 0.644. The topological polar surface area (TPSA) is 37.8 Å². The van der Waals surface area contributed by atoms with E-state index in [2.05, 4.69) is 15.3 Å². The van der Waals surface area contributed by atoms with Crippen molar-refractivity contribution in [1.82, 2.24) is 9.97 Å². The minimum atomic E-state index is 0.835. The van der Waals surface area contributed by atoms with E-state index in [1.807, 2.05) is 12.3 Å². The van der Waals surface area contributed by atoms with Crippen molar-refractivity contribution in [2.24, 2.45) is 5.92 Å². The van der Waals surface area contributed by atoms with Crippen LogP contribution in [0.15, 0.2) is 17.4 Å². The molecule has 1 aliphatic carbocycles. The molecule has 4 heteroatoms. The summed E-state index contributed by atoms with van der Waals surface area (Å²) in [4.78, 5) is 8.40. The first kappa shape index (κ1) is 11.7. The molecule has 1 fully saturated rings. The Morgan fingerprint density at radius 3 is 2.88 bits per heavy atom.